The van der Waals surface area contributed by atoms with Gasteiger partial charge in [0, 0.05) is 24.1 Å². The number of pyridine rings is 1. The van der Waals surface area contributed by atoms with Gasteiger partial charge in [0.2, 0.25) is 0 Å². The molecule has 0 amide bonds. The Morgan fingerprint density at radius 1 is 1.29 bits per heavy atom. The summed E-state index contributed by atoms with van der Waals surface area (Å²) >= 11 is 7.58. The molecule has 0 aliphatic carbocycles. The molecule has 3 aromatic rings. The quantitative estimate of drug-likeness (QED) is 0.542. The number of carboxylic acid groups (broad SMARTS) is 1. The number of carboxylic acids is 1. The van der Waals surface area contributed by atoms with E-state index < -0.39 is 5.97 Å². The first-order chi connectivity index (χ1) is 11.4. The number of halogens is 1. The third kappa shape index (κ3) is 2.92. The van der Waals surface area contributed by atoms with E-state index in [0.717, 1.165) is 27.2 Å². The molecule has 0 fully saturated rings. The molecule has 2 heterocycles. The van der Waals surface area contributed by atoms with Crippen molar-refractivity contribution in [3.8, 4) is 0 Å². The number of fused-ring (bicyclic) bond motifs is 1. The van der Waals surface area contributed by atoms with Gasteiger partial charge in [0.15, 0.2) is 0 Å². The number of carbonyl (C=O) groups is 1. The van der Waals surface area contributed by atoms with Gasteiger partial charge < -0.3 is 9.67 Å². The van der Waals surface area contributed by atoms with E-state index in [-0.39, 0.29) is 5.56 Å². The summed E-state index contributed by atoms with van der Waals surface area (Å²) < 4.78 is 1.81. The first-order valence-corrected chi connectivity index (χ1v) is 8.74. The van der Waals surface area contributed by atoms with E-state index >= 15 is 0 Å². The molecule has 0 radical (unpaired) electrons. The van der Waals surface area contributed by atoms with Gasteiger partial charge in [-0.05, 0) is 47.2 Å². The SMILES string of the molecule is C=C(c1cc(Cl)nc(SC)c1)c1ccc2c(c1)c(C(=O)O)cn2C. The molecule has 0 saturated carbocycles. The smallest absolute Gasteiger partial charge is 0.337 e. The topological polar surface area (TPSA) is 55.1 Å². The highest BCUT2D eigenvalue weighted by molar-refractivity contribution is 7.98. The third-order valence-corrected chi connectivity index (χ3v) is 4.72. The van der Waals surface area contributed by atoms with E-state index in [1.165, 1.54) is 11.8 Å². The molecule has 3 rings (SSSR count). The normalized spacial score (nSPS) is 11.0. The van der Waals surface area contributed by atoms with E-state index in [0.29, 0.717) is 10.5 Å². The zero-order valence-corrected chi connectivity index (χ0v) is 14.8. The number of aromatic nitrogens is 2. The predicted molar refractivity (Wildman–Crippen MR) is 99.0 cm³/mol. The van der Waals surface area contributed by atoms with E-state index in [4.69, 9.17) is 11.6 Å². The highest BCUT2D eigenvalue weighted by Crippen LogP contribution is 2.30. The number of aromatic carboxylic acids is 1. The van der Waals surface area contributed by atoms with Crippen molar-refractivity contribution in [1.29, 1.82) is 0 Å². The first kappa shape index (κ1) is 16.6. The van der Waals surface area contributed by atoms with Crippen molar-refractivity contribution in [2.24, 2.45) is 7.05 Å². The number of hydrogen-bond donors (Lipinski definition) is 1. The number of nitrogens with zero attached hydrogens (tertiary/aromatic N) is 2. The number of benzene rings is 1. The van der Waals surface area contributed by atoms with Gasteiger partial charge in [-0.1, -0.05) is 24.2 Å². The average Bonchev–Trinajstić information content (AvgIpc) is 2.90. The highest BCUT2D eigenvalue weighted by atomic mass is 35.5. The molecule has 0 atom stereocenters. The number of rotatable bonds is 4. The molecule has 1 N–H and O–H groups in total. The van der Waals surface area contributed by atoms with Crippen molar-refractivity contribution in [3.63, 3.8) is 0 Å². The van der Waals surface area contributed by atoms with Crippen LogP contribution >= 0.6 is 23.4 Å². The van der Waals surface area contributed by atoms with Gasteiger partial charge >= 0.3 is 5.97 Å². The van der Waals surface area contributed by atoms with Crippen molar-refractivity contribution in [2.45, 2.75) is 5.03 Å². The predicted octanol–water partition coefficient (Wildman–Crippen LogP) is 4.71. The van der Waals surface area contributed by atoms with Crippen LogP contribution in [0.15, 0.2) is 48.1 Å². The van der Waals surface area contributed by atoms with Crippen LogP contribution in [0, 0.1) is 0 Å². The zero-order valence-electron chi connectivity index (χ0n) is 13.2. The van der Waals surface area contributed by atoms with Gasteiger partial charge in [0.05, 0.1) is 10.6 Å². The Labute approximate surface area is 148 Å². The lowest BCUT2D eigenvalue weighted by Crippen LogP contribution is -1.94. The average molecular weight is 359 g/mol. The fraction of sp³-hybridized carbons (Fsp3) is 0.111. The summed E-state index contributed by atoms with van der Waals surface area (Å²) in [6.45, 7) is 4.15. The summed E-state index contributed by atoms with van der Waals surface area (Å²) in [6, 6.07) is 9.38. The summed E-state index contributed by atoms with van der Waals surface area (Å²) in [5, 5.41) is 11.3. The maximum absolute atomic E-state index is 11.4. The molecule has 0 bridgehead atoms. The van der Waals surface area contributed by atoms with Gasteiger partial charge in [0.1, 0.15) is 5.15 Å². The summed E-state index contributed by atoms with van der Waals surface area (Å²) in [4.78, 5) is 15.7. The summed E-state index contributed by atoms with van der Waals surface area (Å²) in [5.74, 6) is -0.944. The Bertz CT molecular complexity index is 979. The van der Waals surface area contributed by atoms with Crippen molar-refractivity contribution in [1.82, 2.24) is 9.55 Å². The van der Waals surface area contributed by atoms with Crippen LogP contribution in [0.5, 0.6) is 0 Å². The zero-order chi connectivity index (χ0) is 17.4. The monoisotopic (exact) mass is 358 g/mol. The van der Waals surface area contributed by atoms with Crippen LogP contribution in [-0.4, -0.2) is 26.9 Å². The van der Waals surface area contributed by atoms with E-state index in [1.54, 1.807) is 16.8 Å². The lowest BCUT2D eigenvalue weighted by atomic mass is 9.98. The van der Waals surface area contributed by atoms with Crippen LogP contribution in [0.1, 0.15) is 21.5 Å². The van der Waals surface area contributed by atoms with Crippen molar-refractivity contribution >= 4 is 45.8 Å². The molecule has 6 heteroatoms. The number of hydrogen-bond acceptors (Lipinski definition) is 3. The van der Waals surface area contributed by atoms with Crippen molar-refractivity contribution < 1.29 is 9.90 Å². The Hall–Kier alpha value is -2.24. The molecule has 0 aliphatic heterocycles. The van der Waals surface area contributed by atoms with Crippen LogP contribution in [-0.2, 0) is 7.05 Å². The first-order valence-electron chi connectivity index (χ1n) is 7.14. The molecule has 122 valence electrons. The van der Waals surface area contributed by atoms with Gasteiger partial charge in [-0.2, -0.15) is 0 Å². The molecule has 0 spiro atoms. The summed E-state index contributed by atoms with van der Waals surface area (Å²) in [6.07, 6.45) is 3.55. The highest BCUT2D eigenvalue weighted by Gasteiger charge is 2.14. The summed E-state index contributed by atoms with van der Waals surface area (Å²) in [5.41, 5.74) is 3.63. The minimum absolute atomic E-state index is 0.278. The molecule has 0 aliphatic rings. The lowest BCUT2D eigenvalue weighted by Gasteiger charge is -2.09. The maximum atomic E-state index is 11.4. The van der Waals surface area contributed by atoms with Crippen molar-refractivity contribution in [3.05, 3.63) is 65.0 Å². The minimum atomic E-state index is -0.944. The van der Waals surface area contributed by atoms with E-state index in [1.807, 2.05) is 37.6 Å². The lowest BCUT2D eigenvalue weighted by molar-refractivity contribution is 0.0699. The molecular formula is C18H15ClN2O2S. The van der Waals surface area contributed by atoms with Gasteiger partial charge in [0.25, 0.3) is 0 Å². The minimum Gasteiger partial charge on any atom is -0.478 e. The van der Waals surface area contributed by atoms with Crippen LogP contribution in [0.25, 0.3) is 16.5 Å². The molecule has 4 nitrogen and oxygen atoms in total. The Balaban J connectivity index is 2.12. The number of thioether (sulfide) groups is 1. The molecular weight excluding hydrogens is 344 g/mol. The van der Waals surface area contributed by atoms with Crippen LogP contribution in [0.4, 0.5) is 0 Å². The second kappa shape index (κ2) is 6.34. The van der Waals surface area contributed by atoms with Gasteiger partial charge in [-0.25, -0.2) is 9.78 Å². The second-order valence-corrected chi connectivity index (χ2v) is 6.60. The second-order valence-electron chi connectivity index (χ2n) is 5.39. The fourth-order valence-corrected chi connectivity index (χ4v) is 3.36. The molecule has 1 aromatic carbocycles. The van der Waals surface area contributed by atoms with Crippen LogP contribution in [0.2, 0.25) is 5.15 Å². The Morgan fingerprint density at radius 3 is 2.71 bits per heavy atom. The van der Waals surface area contributed by atoms with Gasteiger partial charge in [-0.15, -0.1) is 11.8 Å². The molecule has 24 heavy (non-hydrogen) atoms. The Kier molecular flexibility index (Phi) is 4.39. The molecule has 2 aromatic heterocycles. The third-order valence-electron chi connectivity index (χ3n) is 3.90. The molecule has 0 saturated heterocycles. The van der Waals surface area contributed by atoms with Crippen LogP contribution < -0.4 is 0 Å². The summed E-state index contributed by atoms with van der Waals surface area (Å²) in [7, 11) is 1.83. The Morgan fingerprint density at radius 2 is 2.04 bits per heavy atom. The number of aryl methyl sites for hydroxylation is 1. The maximum Gasteiger partial charge on any atom is 0.337 e. The van der Waals surface area contributed by atoms with E-state index in [9.17, 15) is 9.90 Å². The fourth-order valence-electron chi connectivity index (χ4n) is 2.67. The van der Waals surface area contributed by atoms with Crippen molar-refractivity contribution in [2.75, 3.05) is 6.26 Å². The van der Waals surface area contributed by atoms with Crippen LogP contribution in [0.3, 0.4) is 0 Å². The molecule has 0 unspecified atom stereocenters. The largest absolute Gasteiger partial charge is 0.478 e. The standard InChI is InChI=1S/C18H15ClN2O2S/c1-10(12-7-16(19)20-17(8-12)24-3)11-4-5-15-13(6-11)14(18(22)23)9-21(15)2/h4-9H,1H2,2-3H3,(H,22,23). The van der Waals surface area contributed by atoms with E-state index in [2.05, 4.69) is 11.6 Å². The van der Waals surface area contributed by atoms with Gasteiger partial charge in [-0.3, -0.25) is 0 Å².